The van der Waals surface area contributed by atoms with Crippen LogP contribution in [-0.2, 0) is 4.79 Å². The number of carbonyl (C=O) groups excluding carboxylic acids is 1. The van der Waals surface area contributed by atoms with Crippen molar-refractivity contribution in [1.82, 2.24) is 15.5 Å². The Labute approximate surface area is 105 Å². The van der Waals surface area contributed by atoms with Crippen molar-refractivity contribution in [3.05, 3.63) is 12.2 Å². The summed E-state index contributed by atoms with van der Waals surface area (Å²) in [5, 5.41) is 6.16. The van der Waals surface area contributed by atoms with Gasteiger partial charge in [0.2, 0.25) is 5.91 Å². The predicted molar refractivity (Wildman–Crippen MR) is 73.1 cm³/mol. The van der Waals surface area contributed by atoms with Crippen molar-refractivity contribution in [2.75, 3.05) is 40.3 Å². The van der Waals surface area contributed by atoms with Crippen molar-refractivity contribution in [3.8, 4) is 0 Å². The molecule has 0 saturated carbocycles. The Morgan fingerprint density at radius 2 is 1.94 bits per heavy atom. The van der Waals surface area contributed by atoms with E-state index in [2.05, 4.69) is 28.5 Å². The van der Waals surface area contributed by atoms with E-state index < -0.39 is 0 Å². The Kier molecular flexibility index (Phi) is 11.0. The van der Waals surface area contributed by atoms with Gasteiger partial charge in [-0.3, -0.25) is 4.79 Å². The third-order valence-corrected chi connectivity index (χ3v) is 2.28. The van der Waals surface area contributed by atoms with Crippen LogP contribution in [0.4, 0.5) is 0 Å². The highest BCUT2D eigenvalue weighted by Crippen LogP contribution is 1.90. The highest BCUT2D eigenvalue weighted by molar-refractivity contribution is 5.77. The number of likely N-dealkylation sites (N-methyl/N-ethyl adjacent to an activating group) is 1. The standard InChI is InChI=1S/C13H27N3O/c1-4-5-6-7-8-13(17)15-10-9-14-11-12-16(2)3/h6-7,14H,4-5,8-12H2,1-3H3,(H,15,17)/b7-6+. The normalized spacial score (nSPS) is 11.3. The molecule has 0 spiro atoms. The molecule has 4 nitrogen and oxygen atoms in total. The highest BCUT2D eigenvalue weighted by Gasteiger charge is 1.96. The molecule has 0 aromatic rings. The summed E-state index contributed by atoms with van der Waals surface area (Å²) >= 11 is 0. The molecule has 0 aliphatic heterocycles. The number of allylic oxidation sites excluding steroid dienone is 1. The molecule has 0 aliphatic carbocycles. The van der Waals surface area contributed by atoms with Gasteiger partial charge in [-0.2, -0.15) is 0 Å². The highest BCUT2D eigenvalue weighted by atomic mass is 16.1. The van der Waals surface area contributed by atoms with Gasteiger partial charge in [0.1, 0.15) is 0 Å². The summed E-state index contributed by atoms with van der Waals surface area (Å²) in [5.74, 6) is 0.103. The summed E-state index contributed by atoms with van der Waals surface area (Å²) in [6, 6.07) is 0. The van der Waals surface area contributed by atoms with Crippen LogP contribution >= 0.6 is 0 Å². The van der Waals surface area contributed by atoms with E-state index in [4.69, 9.17) is 0 Å². The minimum Gasteiger partial charge on any atom is -0.355 e. The summed E-state index contributed by atoms with van der Waals surface area (Å²) in [7, 11) is 4.10. The molecule has 100 valence electrons. The number of nitrogens with zero attached hydrogens (tertiary/aromatic N) is 1. The molecule has 0 unspecified atom stereocenters. The molecule has 1 amide bonds. The molecule has 0 aromatic carbocycles. The van der Waals surface area contributed by atoms with Gasteiger partial charge in [0.15, 0.2) is 0 Å². The van der Waals surface area contributed by atoms with Gasteiger partial charge in [-0.15, -0.1) is 0 Å². The van der Waals surface area contributed by atoms with E-state index in [1.807, 2.05) is 20.2 Å². The minimum atomic E-state index is 0.103. The molecule has 0 heterocycles. The fraction of sp³-hybridized carbons (Fsp3) is 0.769. The molecule has 0 atom stereocenters. The van der Waals surface area contributed by atoms with Gasteiger partial charge in [0.25, 0.3) is 0 Å². The SMILES string of the molecule is CCC/C=C/CC(=O)NCCNCCN(C)C. The van der Waals surface area contributed by atoms with E-state index in [-0.39, 0.29) is 5.91 Å². The maximum Gasteiger partial charge on any atom is 0.223 e. The maximum absolute atomic E-state index is 11.3. The van der Waals surface area contributed by atoms with Crippen molar-refractivity contribution >= 4 is 5.91 Å². The molecular formula is C13H27N3O. The number of rotatable bonds is 10. The Balaban J connectivity index is 3.27. The molecule has 4 heteroatoms. The number of nitrogens with one attached hydrogen (secondary N) is 2. The maximum atomic E-state index is 11.3. The zero-order chi connectivity index (χ0) is 12.9. The lowest BCUT2D eigenvalue weighted by Crippen LogP contribution is -2.34. The second kappa shape index (κ2) is 11.6. The van der Waals surface area contributed by atoms with Crippen LogP contribution in [0, 0.1) is 0 Å². The summed E-state index contributed by atoms with van der Waals surface area (Å²) in [6.45, 7) is 5.64. The van der Waals surface area contributed by atoms with Crippen LogP contribution in [0.25, 0.3) is 0 Å². The van der Waals surface area contributed by atoms with Crippen molar-refractivity contribution in [2.24, 2.45) is 0 Å². The van der Waals surface area contributed by atoms with Gasteiger partial charge >= 0.3 is 0 Å². The van der Waals surface area contributed by atoms with E-state index in [9.17, 15) is 4.79 Å². The molecule has 17 heavy (non-hydrogen) atoms. The third-order valence-electron chi connectivity index (χ3n) is 2.28. The first kappa shape index (κ1) is 16.1. The number of amides is 1. The zero-order valence-electron chi connectivity index (χ0n) is 11.5. The Morgan fingerprint density at radius 1 is 1.18 bits per heavy atom. The first-order valence-electron chi connectivity index (χ1n) is 6.44. The summed E-state index contributed by atoms with van der Waals surface area (Å²) in [6.07, 6.45) is 6.69. The Bertz CT molecular complexity index is 215. The van der Waals surface area contributed by atoms with Crippen LogP contribution in [0.3, 0.4) is 0 Å². The molecule has 0 saturated heterocycles. The molecule has 0 aliphatic rings. The number of hydrogen-bond acceptors (Lipinski definition) is 3. The van der Waals surface area contributed by atoms with Crippen LogP contribution in [-0.4, -0.2) is 51.1 Å². The second-order valence-corrected chi connectivity index (χ2v) is 4.37. The van der Waals surface area contributed by atoms with Gasteiger partial charge in [-0.1, -0.05) is 25.5 Å². The van der Waals surface area contributed by atoms with Gasteiger partial charge in [-0.05, 0) is 20.5 Å². The molecule has 0 bridgehead atoms. The summed E-state index contributed by atoms with van der Waals surface area (Å²) in [4.78, 5) is 13.5. The monoisotopic (exact) mass is 241 g/mol. The molecular weight excluding hydrogens is 214 g/mol. The van der Waals surface area contributed by atoms with Crippen LogP contribution in [0.2, 0.25) is 0 Å². The fourth-order valence-corrected chi connectivity index (χ4v) is 1.27. The van der Waals surface area contributed by atoms with Crippen LogP contribution < -0.4 is 10.6 Å². The van der Waals surface area contributed by atoms with Crippen molar-refractivity contribution in [3.63, 3.8) is 0 Å². The topological polar surface area (TPSA) is 44.4 Å². The first-order chi connectivity index (χ1) is 8.16. The van der Waals surface area contributed by atoms with E-state index in [0.717, 1.165) is 32.5 Å². The van der Waals surface area contributed by atoms with E-state index in [0.29, 0.717) is 13.0 Å². The van der Waals surface area contributed by atoms with Crippen LogP contribution in [0.15, 0.2) is 12.2 Å². The zero-order valence-corrected chi connectivity index (χ0v) is 11.5. The lowest BCUT2D eigenvalue weighted by Gasteiger charge is -2.10. The lowest BCUT2D eigenvalue weighted by atomic mass is 10.3. The smallest absolute Gasteiger partial charge is 0.223 e. The molecule has 0 fully saturated rings. The largest absolute Gasteiger partial charge is 0.355 e. The van der Waals surface area contributed by atoms with E-state index in [1.165, 1.54) is 0 Å². The van der Waals surface area contributed by atoms with Crippen molar-refractivity contribution in [2.45, 2.75) is 26.2 Å². The van der Waals surface area contributed by atoms with Gasteiger partial charge in [0, 0.05) is 32.6 Å². The number of unbranched alkanes of at least 4 members (excludes halogenated alkanes) is 1. The molecule has 0 aromatic heterocycles. The van der Waals surface area contributed by atoms with Gasteiger partial charge < -0.3 is 15.5 Å². The quantitative estimate of drug-likeness (QED) is 0.443. The third kappa shape index (κ3) is 13.1. The Hall–Kier alpha value is -0.870. The number of carbonyl (C=O) groups is 1. The molecule has 0 radical (unpaired) electrons. The summed E-state index contributed by atoms with van der Waals surface area (Å²) < 4.78 is 0. The average molecular weight is 241 g/mol. The molecule has 0 rings (SSSR count). The van der Waals surface area contributed by atoms with Gasteiger partial charge in [-0.25, -0.2) is 0 Å². The summed E-state index contributed by atoms with van der Waals surface area (Å²) in [5.41, 5.74) is 0. The number of hydrogen-bond donors (Lipinski definition) is 2. The van der Waals surface area contributed by atoms with Crippen molar-refractivity contribution < 1.29 is 4.79 Å². The van der Waals surface area contributed by atoms with E-state index >= 15 is 0 Å². The average Bonchev–Trinajstić information content (AvgIpc) is 2.29. The Morgan fingerprint density at radius 3 is 2.59 bits per heavy atom. The lowest BCUT2D eigenvalue weighted by molar-refractivity contribution is -0.120. The predicted octanol–water partition coefficient (Wildman–Crippen LogP) is 1.00. The minimum absolute atomic E-state index is 0.103. The first-order valence-corrected chi connectivity index (χ1v) is 6.44. The van der Waals surface area contributed by atoms with Crippen LogP contribution in [0.1, 0.15) is 26.2 Å². The van der Waals surface area contributed by atoms with Gasteiger partial charge in [0.05, 0.1) is 0 Å². The molecule has 2 N–H and O–H groups in total. The second-order valence-electron chi connectivity index (χ2n) is 4.37. The van der Waals surface area contributed by atoms with E-state index in [1.54, 1.807) is 0 Å². The van der Waals surface area contributed by atoms with Crippen LogP contribution in [0.5, 0.6) is 0 Å². The fourth-order valence-electron chi connectivity index (χ4n) is 1.27. The van der Waals surface area contributed by atoms with Crippen molar-refractivity contribution in [1.29, 1.82) is 0 Å².